The molecule has 0 aliphatic heterocycles. The predicted octanol–water partition coefficient (Wildman–Crippen LogP) is 2.41. The fourth-order valence-electron chi connectivity index (χ4n) is 1.20. The van der Waals surface area contributed by atoms with Crippen LogP contribution in [0.15, 0.2) is 12.1 Å². The van der Waals surface area contributed by atoms with E-state index in [1.54, 1.807) is 0 Å². The Balaban J connectivity index is 3.54. The molecule has 5 nitrogen and oxygen atoms in total. The maximum absolute atomic E-state index is 11.2. The number of nitrogens with zero attached hydrogens (tertiary/aromatic N) is 1. The molecule has 1 aromatic rings. The molecule has 1 rings (SSSR count). The Morgan fingerprint density at radius 1 is 1.53 bits per heavy atom. The van der Waals surface area contributed by atoms with Gasteiger partial charge < -0.3 is 4.74 Å². The average molecular weight is 321 g/mol. The fourth-order valence-corrected chi connectivity index (χ4v) is 1.82. The van der Waals surface area contributed by atoms with Crippen molar-refractivity contribution in [2.75, 3.05) is 7.11 Å². The van der Waals surface area contributed by atoms with Crippen molar-refractivity contribution in [3.8, 4) is 5.75 Å². The molecule has 0 radical (unpaired) electrons. The summed E-state index contributed by atoms with van der Waals surface area (Å²) in [6, 6.07) is 3.05. The highest BCUT2D eigenvalue weighted by molar-refractivity contribution is 14.1. The van der Waals surface area contributed by atoms with Crippen molar-refractivity contribution in [3.05, 3.63) is 31.4 Å². The van der Waals surface area contributed by atoms with Crippen LogP contribution in [-0.4, -0.2) is 17.8 Å². The Kier molecular flexibility index (Phi) is 3.61. The van der Waals surface area contributed by atoms with Crippen molar-refractivity contribution in [3.63, 3.8) is 0 Å². The van der Waals surface area contributed by atoms with E-state index in [0.717, 1.165) is 0 Å². The lowest BCUT2D eigenvalue weighted by molar-refractivity contribution is -0.386. The second kappa shape index (κ2) is 4.56. The van der Waals surface area contributed by atoms with Gasteiger partial charge in [-0.2, -0.15) is 0 Å². The smallest absolute Gasteiger partial charge is 0.324 e. The number of carbonyl (C=O) groups is 1. The lowest BCUT2D eigenvalue weighted by Gasteiger charge is -2.07. The Morgan fingerprint density at radius 3 is 2.53 bits per heavy atom. The first-order valence-corrected chi connectivity index (χ1v) is 5.08. The molecular formula is C9H8INO4. The number of ketones is 1. The second-order valence-corrected chi connectivity index (χ2v) is 3.95. The number of benzene rings is 1. The summed E-state index contributed by atoms with van der Waals surface area (Å²) in [5, 5.41) is 10.8. The molecule has 0 saturated carbocycles. The molecule has 0 bridgehead atoms. The maximum atomic E-state index is 11.2. The first-order valence-electron chi connectivity index (χ1n) is 4.00. The number of nitro benzene ring substituents is 1. The van der Waals surface area contributed by atoms with Gasteiger partial charge in [-0.15, -0.1) is 0 Å². The van der Waals surface area contributed by atoms with Crippen molar-refractivity contribution in [2.24, 2.45) is 0 Å². The van der Waals surface area contributed by atoms with Gasteiger partial charge in [-0.05, 0) is 41.6 Å². The molecule has 0 fully saturated rings. The number of Topliss-reactive ketones (excluding diaryl/α,β-unsaturated/α-hetero) is 1. The summed E-state index contributed by atoms with van der Waals surface area (Å²) in [7, 11) is 1.31. The zero-order valence-electron chi connectivity index (χ0n) is 8.11. The van der Waals surface area contributed by atoms with Gasteiger partial charge in [0.05, 0.1) is 21.2 Å². The third-order valence-corrected chi connectivity index (χ3v) is 2.72. The molecule has 15 heavy (non-hydrogen) atoms. The normalized spacial score (nSPS) is 9.80. The molecule has 0 unspecified atom stereocenters. The highest BCUT2D eigenvalue weighted by atomic mass is 127. The number of rotatable bonds is 3. The number of carbonyl (C=O) groups excluding carboxylic acids is 1. The van der Waals surface area contributed by atoms with E-state index in [1.165, 1.54) is 26.2 Å². The van der Waals surface area contributed by atoms with Crippen molar-refractivity contribution in [1.82, 2.24) is 0 Å². The van der Waals surface area contributed by atoms with Crippen molar-refractivity contribution in [1.29, 1.82) is 0 Å². The Hall–Kier alpha value is -1.18. The summed E-state index contributed by atoms with van der Waals surface area (Å²) < 4.78 is 5.36. The quantitative estimate of drug-likeness (QED) is 0.371. The minimum absolute atomic E-state index is 0.0272. The van der Waals surface area contributed by atoms with Crippen molar-refractivity contribution in [2.45, 2.75) is 6.92 Å². The van der Waals surface area contributed by atoms with E-state index in [9.17, 15) is 14.9 Å². The SMILES string of the molecule is COc1c(C(C)=O)ccc(I)c1[N+](=O)[O-]. The third kappa shape index (κ3) is 2.25. The molecule has 80 valence electrons. The minimum atomic E-state index is -0.549. The molecule has 0 atom stereocenters. The van der Waals surface area contributed by atoms with Crippen LogP contribution in [0, 0.1) is 13.7 Å². The minimum Gasteiger partial charge on any atom is -0.490 e. The molecule has 1 aromatic carbocycles. The maximum Gasteiger partial charge on any atom is 0.324 e. The van der Waals surface area contributed by atoms with Crippen LogP contribution in [0.4, 0.5) is 5.69 Å². The van der Waals surface area contributed by atoms with Crippen LogP contribution in [0.1, 0.15) is 17.3 Å². The zero-order chi connectivity index (χ0) is 11.6. The monoisotopic (exact) mass is 321 g/mol. The van der Waals surface area contributed by atoms with Crippen LogP contribution in [-0.2, 0) is 0 Å². The van der Waals surface area contributed by atoms with Gasteiger partial charge in [0, 0.05) is 0 Å². The summed E-state index contributed by atoms with van der Waals surface area (Å²) >= 11 is 1.83. The molecule has 6 heteroatoms. The van der Waals surface area contributed by atoms with Gasteiger partial charge in [-0.1, -0.05) is 0 Å². The Labute approximate surface area is 99.7 Å². The summed E-state index contributed by atoms with van der Waals surface area (Å²) in [6.45, 7) is 1.34. The Bertz CT molecular complexity index is 430. The first-order chi connectivity index (χ1) is 6.99. The van der Waals surface area contributed by atoms with Crippen LogP contribution in [0.3, 0.4) is 0 Å². The summed E-state index contributed by atoms with van der Waals surface area (Å²) in [6.07, 6.45) is 0. The van der Waals surface area contributed by atoms with E-state index in [2.05, 4.69) is 0 Å². The van der Waals surface area contributed by atoms with E-state index in [4.69, 9.17) is 4.74 Å². The van der Waals surface area contributed by atoms with Gasteiger partial charge in [0.1, 0.15) is 0 Å². The zero-order valence-corrected chi connectivity index (χ0v) is 10.3. The number of halogens is 1. The van der Waals surface area contributed by atoms with Crippen LogP contribution < -0.4 is 4.74 Å². The van der Waals surface area contributed by atoms with E-state index in [0.29, 0.717) is 3.57 Å². The van der Waals surface area contributed by atoms with Crippen molar-refractivity contribution >= 4 is 34.1 Å². The molecule has 0 aliphatic carbocycles. The number of ether oxygens (including phenoxy) is 1. The molecule has 0 aromatic heterocycles. The first kappa shape index (κ1) is 11.9. The van der Waals surface area contributed by atoms with Crippen molar-refractivity contribution < 1.29 is 14.5 Å². The van der Waals surface area contributed by atoms with Crippen LogP contribution >= 0.6 is 22.6 Å². The van der Waals surface area contributed by atoms with Crippen LogP contribution in [0.25, 0.3) is 0 Å². The van der Waals surface area contributed by atoms with E-state index < -0.39 is 4.92 Å². The highest BCUT2D eigenvalue weighted by Crippen LogP contribution is 2.35. The van der Waals surface area contributed by atoms with Gasteiger partial charge in [-0.3, -0.25) is 14.9 Å². The molecule has 0 amide bonds. The van der Waals surface area contributed by atoms with E-state index in [-0.39, 0.29) is 22.8 Å². The molecule has 0 saturated heterocycles. The highest BCUT2D eigenvalue weighted by Gasteiger charge is 2.24. The number of hydrogen-bond acceptors (Lipinski definition) is 4. The molecule has 0 N–H and O–H groups in total. The summed E-state index contributed by atoms with van der Waals surface area (Å²) in [5.41, 5.74) is 0.0652. The Morgan fingerprint density at radius 2 is 2.13 bits per heavy atom. The van der Waals surface area contributed by atoms with E-state index in [1.807, 2.05) is 22.6 Å². The standard InChI is InChI=1S/C9H8INO4/c1-5(12)6-3-4-7(10)8(11(13)14)9(6)15-2/h3-4H,1-2H3. The largest absolute Gasteiger partial charge is 0.490 e. The van der Waals surface area contributed by atoms with Crippen LogP contribution in [0.5, 0.6) is 5.75 Å². The van der Waals surface area contributed by atoms with Gasteiger partial charge in [0.2, 0.25) is 5.75 Å². The molecule has 0 heterocycles. The lowest BCUT2D eigenvalue weighted by atomic mass is 10.1. The average Bonchev–Trinajstić information content (AvgIpc) is 2.15. The van der Waals surface area contributed by atoms with Gasteiger partial charge in [-0.25, -0.2) is 0 Å². The van der Waals surface area contributed by atoms with E-state index >= 15 is 0 Å². The topological polar surface area (TPSA) is 69.4 Å². The van der Waals surface area contributed by atoms with Gasteiger partial charge in [0.15, 0.2) is 5.78 Å². The number of nitro groups is 1. The molecule has 0 aliphatic rings. The number of hydrogen-bond donors (Lipinski definition) is 0. The van der Waals surface area contributed by atoms with Crippen LogP contribution in [0.2, 0.25) is 0 Å². The third-order valence-electron chi connectivity index (χ3n) is 1.85. The fraction of sp³-hybridized carbons (Fsp3) is 0.222. The number of methoxy groups -OCH3 is 1. The summed E-state index contributed by atoms with van der Waals surface area (Å²) in [5.74, 6) is -0.231. The molecular weight excluding hydrogens is 313 g/mol. The summed E-state index contributed by atoms with van der Waals surface area (Å²) in [4.78, 5) is 21.4. The van der Waals surface area contributed by atoms with Gasteiger partial charge >= 0.3 is 5.69 Å². The van der Waals surface area contributed by atoms with Gasteiger partial charge in [0.25, 0.3) is 0 Å². The molecule has 0 spiro atoms. The lowest BCUT2D eigenvalue weighted by Crippen LogP contribution is -2.03. The second-order valence-electron chi connectivity index (χ2n) is 2.79. The predicted molar refractivity (Wildman–Crippen MR) is 62.4 cm³/mol.